The number of likely N-dealkylation sites (N-methyl/N-ethyl adjacent to an activating group) is 1. The van der Waals surface area contributed by atoms with E-state index in [9.17, 15) is 4.79 Å². The molecular formula is C9H15NO. The van der Waals surface area contributed by atoms with Crippen molar-refractivity contribution in [3.05, 3.63) is 24.8 Å². The summed E-state index contributed by atoms with van der Waals surface area (Å²) in [6, 6.07) is 0. The molecule has 0 bridgehead atoms. The van der Waals surface area contributed by atoms with E-state index in [1.165, 1.54) is 6.08 Å². The first-order valence-electron chi connectivity index (χ1n) is 3.67. The summed E-state index contributed by atoms with van der Waals surface area (Å²) in [5, 5.41) is 0. The number of hydrogen-bond acceptors (Lipinski definition) is 1. The van der Waals surface area contributed by atoms with Crippen LogP contribution in [0.1, 0.15) is 13.8 Å². The van der Waals surface area contributed by atoms with Crippen LogP contribution in [0.5, 0.6) is 0 Å². The first kappa shape index (κ1) is 9.95. The normalized spacial score (nSPS) is 8.91. The van der Waals surface area contributed by atoms with Gasteiger partial charge in [-0.25, -0.2) is 0 Å². The number of rotatable bonds is 4. The van der Waals surface area contributed by atoms with E-state index in [4.69, 9.17) is 0 Å². The van der Waals surface area contributed by atoms with Gasteiger partial charge in [0, 0.05) is 13.1 Å². The minimum Gasteiger partial charge on any atom is -0.335 e. The Labute approximate surface area is 68.2 Å². The maximum atomic E-state index is 11.0. The molecule has 0 aromatic carbocycles. The Morgan fingerprint density at radius 3 is 2.45 bits per heavy atom. The molecule has 0 unspecified atom stereocenters. The molecule has 0 aromatic heterocycles. The van der Waals surface area contributed by atoms with Crippen molar-refractivity contribution in [3.8, 4) is 0 Å². The van der Waals surface area contributed by atoms with Crippen molar-refractivity contribution in [2.75, 3.05) is 13.1 Å². The second-order valence-corrected chi connectivity index (χ2v) is 2.51. The SMILES string of the molecule is C=CC(=O)N(CC)CC(=C)C. The lowest BCUT2D eigenvalue weighted by molar-refractivity contribution is -0.125. The van der Waals surface area contributed by atoms with Gasteiger partial charge in [-0.2, -0.15) is 0 Å². The van der Waals surface area contributed by atoms with Crippen LogP contribution in [0.25, 0.3) is 0 Å². The Bertz CT molecular complexity index is 172. The van der Waals surface area contributed by atoms with Gasteiger partial charge in [0.15, 0.2) is 0 Å². The number of carbonyl (C=O) groups is 1. The van der Waals surface area contributed by atoms with Crippen LogP contribution in [-0.2, 0) is 4.79 Å². The summed E-state index contributed by atoms with van der Waals surface area (Å²) < 4.78 is 0. The molecule has 0 saturated carbocycles. The average molecular weight is 153 g/mol. The quantitative estimate of drug-likeness (QED) is 0.443. The summed E-state index contributed by atoms with van der Waals surface area (Å²) in [7, 11) is 0. The van der Waals surface area contributed by atoms with E-state index in [-0.39, 0.29) is 5.91 Å². The summed E-state index contributed by atoms with van der Waals surface area (Å²) in [5.41, 5.74) is 0.988. The van der Waals surface area contributed by atoms with Crippen molar-refractivity contribution in [1.82, 2.24) is 4.90 Å². The highest BCUT2D eigenvalue weighted by Crippen LogP contribution is 1.96. The molecule has 2 heteroatoms. The fraction of sp³-hybridized carbons (Fsp3) is 0.444. The smallest absolute Gasteiger partial charge is 0.246 e. The minimum atomic E-state index is -0.0319. The fourth-order valence-corrected chi connectivity index (χ4v) is 0.800. The molecule has 0 N–H and O–H groups in total. The lowest BCUT2D eigenvalue weighted by Gasteiger charge is -2.18. The van der Waals surface area contributed by atoms with Gasteiger partial charge >= 0.3 is 0 Å². The van der Waals surface area contributed by atoms with Crippen molar-refractivity contribution < 1.29 is 4.79 Å². The van der Waals surface area contributed by atoms with Crippen LogP contribution in [0, 0.1) is 0 Å². The van der Waals surface area contributed by atoms with Gasteiger partial charge in [0.2, 0.25) is 5.91 Å². The maximum Gasteiger partial charge on any atom is 0.246 e. The lowest BCUT2D eigenvalue weighted by Crippen LogP contribution is -2.30. The molecule has 0 aliphatic carbocycles. The van der Waals surface area contributed by atoms with Crippen LogP contribution in [0.4, 0.5) is 0 Å². The molecule has 11 heavy (non-hydrogen) atoms. The molecule has 0 spiro atoms. The van der Waals surface area contributed by atoms with E-state index in [0.717, 1.165) is 5.57 Å². The van der Waals surface area contributed by atoms with Crippen molar-refractivity contribution in [2.45, 2.75) is 13.8 Å². The van der Waals surface area contributed by atoms with Gasteiger partial charge in [0.05, 0.1) is 0 Å². The van der Waals surface area contributed by atoms with Crippen LogP contribution in [0.3, 0.4) is 0 Å². The zero-order valence-electron chi connectivity index (χ0n) is 7.26. The third kappa shape index (κ3) is 3.61. The van der Waals surface area contributed by atoms with Gasteiger partial charge in [-0.15, -0.1) is 0 Å². The van der Waals surface area contributed by atoms with Crippen LogP contribution >= 0.6 is 0 Å². The Morgan fingerprint density at radius 2 is 2.18 bits per heavy atom. The maximum absolute atomic E-state index is 11.0. The van der Waals surface area contributed by atoms with Gasteiger partial charge < -0.3 is 4.90 Å². The standard InChI is InChI=1S/C9H15NO/c1-5-9(11)10(6-2)7-8(3)4/h5H,1,3,6-7H2,2,4H3. The highest BCUT2D eigenvalue weighted by atomic mass is 16.2. The number of hydrogen-bond donors (Lipinski definition) is 0. The number of carbonyl (C=O) groups excluding carboxylic acids is 1. The zero-order valence-corrected chi connectivity index (χ0v) is 7.26. The first-order valence-corrected chi connectivity index (χ1v) is 3.67. The van der Waals surface area contributed by atoms with E-state index >= 15 is 0 Å². The fourth-order valence-electron chi connectivity index (χ4n) is 0.800. The number of amides is 1. The first-order chi connectivity index (χ1) is 5.11. The Kier molecular flexibility index (Phi) is 4.27. The molecule has 0 heterocycles. The molecule has 2 nitrogen and oxygen atoms in total. The summed E-state index contributed by atoms with van der Waals surface area (Å²) in [6.07, 6.45) is 1.33. The van der Waals surface area contributed by atoms with Crippen LogP contribution in [0.15, 0.2) is 24.8 Å². The Balaban J connectivity index is 4.05. The molecule has 62 valence electrons. The highest BCUT2D eigenvalue weighted by Gasteiger charge is 2.05. The molecule has 0 aromatic rings. The summed E-state index contributed by atoms with van der Waals surface area (Å²) in [5.74, 6) is -0.0319. The largest absolute Gasteiger partial charge is 0.335 e. The van der Waals surface area contributed by atoms with Gasteiger partial charge in [-0.1, -0.05) is 18.7 Å². The van der Waals surface area contributed by atoms with Gasteiger partial charge in [-0.05, 0) is 19.9 Å². The predicted molar refractivity (Wildman–Crippen MR) is 47.3 cm³/mol. The van der Waals surface area contributed by atoms with Crippen LogP contribution < -0.4 is 0 Å². The van der Waals surface area contributed by atoms with E-state index in [2.05, 4.69) is 13.2 Å². The van der Waals surface area contributed by atoms with E-state index in [0.29, 0.717) is 13.1 Å². The minimum absolute atomic E-state index is 0.0319. The van der Waals surface area contributed by atoms with Gasteiger partial charge in [-0.3, -0.25) is 4.79 Å². The van der Waals surface area contributed by atoms with Crippen LogP contribution in [0.2, 0.25) is 0 Å². The molecule has 1 amide bonds. The topological polar surface area (TPSA) is 20.3 Å². The molecule has 0 saturated heterocycles. The highest BCUT2D eigenvalue weighted by molar-refractivity contribution is 5.87. The number of nitrogens with zero attached hydrogens (tertiary/aromatic N) is 1. The zero-order chi connectivity index (χ0) is 8.85. The summed E-state index contributed by atoms with van der Waals surface area (Å²) in [6.45, 7) is 12.3. The molecule has 0 aliphatic rings. The molecule has 0 radical (unpaired) electrons. The van der Waals surface area contributed by atoms with Crippen molar-refractivity contribution in [1.29, 1.82) is 0 Å². The van der Waals surface area contributed by atoms with Crippen molar-refractivity contribution in [2.24, 2.45) is 0 Å². The molecule has 0 rings (SSSR count). The predicted octanol–water partition coefficient (Wildman–Crippen LogP) is 1.60. The second kappa shape index (κ2) is 4.72. The monoisotopic (exact) mass is 153 g/mol. The average Bonchev–Trinajstić information content (AvgIpc) is 1.98. The van der Waals surface area contributed by atoms with E-state index in [1.54, 1.807) is 4.90 Å². The van der Waals surface area contributed by atoms with E-state index < -0.39 is 0 Å². The third-order valence-corrected chi connectivity index (χ3v) is 1.33. The van der Waals surface area contributed by atoms with Crippen molar-refractivity contribution in [3.63, 3.8) is 0 Å². The summed E-state index contributed by atoms with van der Waals surface area (Å²) in [4.78, 5) is 12.7. The van der Waals surface area contributed by atoms with E-state index in [1.807, 2.05) is 13.8 Å². The molecular weight excluding hydrogens is 138 g/mol. The van der Waals surface area contributed by atoms with Gasteiger partial charge in [0.1, 0.15) is 0 Å². The van der Waals surface area contributed by atoms with Crippen molar-refractivity contribution >= 4 is 5.91 Å². The Hall–Kier alpha value is -1.05. The van der Waals surface area contributed by atoms with Gasteiger partial charge in [0.25, 0.3) is 0 Å². The summed E-state index contributed by atoms with van der Waals surface area (Å²) >= 11 is 0. The van der Waals surface area contributed by atoms with Crippen LogP contribution in [-0.4, -0.2) is 23.9 Å². The second-order valence-electron chi connectivity index (χ2n) is 2.51. The molecule has 0 atom stereocenters. The molecule has 0 fully saturated rings. The third-order valence-electron chi connectivity index (χ3n) is 1.33. The lowest BCUT2D eigenvalue weighted by atomic mass is 10.3. The Morgan fingerprint density at radius 1 is 1.64 bits per heavy atom. The molecule has 0 aliphatic heterocycles.